The Bertz CT molecular complexity index is 333. The Labute approximate surface area is 100 Å². The minimum Gasteiger partial charge on any atom is -0.493 e. The molecule has 0 fully saturated rings. The molecular formula is C12H18FNO3. The molecule has 1 aromatic rings. The van der Waals surface area contributed by atoms with Gasteiger partial charge in [-0.25, -0.2) is 0 Å². The van der Waals surface area contributed by atoms with E-state index in [2.05, 4.69) is 0 Å². The maximum Gasteiger partial charge on any atom is 0.203 e. The molecule has 0 heterocycles. The number of halogens is 1. The topological polar surface area (TPSA) is 53.7 Å². The van der Waals surface area contributed by atoms with Gasteiger partial charge in [-0.15, -0.1) is 0 Å². The molecule has 0 amide bonds. The lowest BCUT2D eigenvalue weighted by molar-refractivity contribution is 0.258. The summed E-state index contributed by atoms with van der Waals surface area (Å²) >= 11 is 0. The van der Waals surface area contributed by atoms with Crippen LogP contribution in [0.1, 0.15) is 12.0 Å². The first-order valence-electron chi connectivity index (χ1n) is 5.40. The molecule has 0 spiro atoms. The first-order chi connectivity index (χ1) is 8.26. The Morgan fingerprint density at radius 1 is 1.18 bits per heavy atom. The van der Waals surface area contributed by atoms with E-state index < -0.39 is 6.67 Å². The van der Waals surface area contributed by atoms with E-state index in [1.807, 2.05) is 0 Å². The minimum absolute atomic E-state index is 0.283. The summed E-state index contributed by atoms with van der Waals surface area (Å²) in [5.41, 5.74) is 6.45. The molecule has 1 aromatic carbocycles. The molecule has 0 saturated carbocycles. The Balaban J connectivity index is 2.98. The summed E-state index contributed by atoms with van der Waals surface area (Å²) in [6.45, 7) is 0.258. The number of nitrogens with two attached hydrogens (primary N) is 1. The summed E-state index contributed by atoms with van der Waals surface area (Å²) in [4.78, 5) is 0. The van der Waals surface area contributed by atoms with Crippen LogP contribution in [-0.2, 0) is 6.54 Å². The van der Waals surface area contributed by atoms with Gasteiger partial charge in [-0.1, -0.05) is 0 Å². The predicted octanol–water partition coefficient (Wildman–Crippen LogP) is 1.90. The van der Waals surface area contributed by atoms with Gasteiger partial charge in [0.25, 0.3) is 0 Å². The quantitative estimate of drug-likeness (QED) is 0.743. The molecule has 2 N–H and O–H groups in total. The molecular weight excluding hydrogens is 225 g/mol. The van der Waals surface area contributed by atoms with Gasteiger partial charge in [0.05, 0.1) is 27.5 Å². The van der Waals surface area contributed by atoms with Crippen molar-refractivity contribution in [3.63, 3.8) is 0 Å². The van der Waals surface area contributed by atoms with Crippen LogP contribution in [0.15, 0.2) is 12.1 Å². The van der Waals surface area contributed by atoms with Crippen LogP contribution in [0.4, 0.5) is 4.39 Å². The van der Waals surface area contributed by atoms with Crippen molar-refractivity contribution in [3.05, 3.63) is 17.7 Å². The Morgan fingerprint density at radius 2 is 1.76 bits per heavy atom. The molecule has 17 heavy (non-hydrogen) atoms. The van der Waals surface area contributed by atoms with E-state index in [4.69, 9.17) is 19.9 Å². The number of benzene rings is 1. The van der Waals surface area contributed by atoms with Crippen LogP contribution in [0.25, 0.3) is 0 Å². The average molecular weight is 243 g/mol. The lowest BCUT2D eigenvalue weighted by Crippen LogP contribution is -2.04. The van der Waals surface area contributed by atoms with E-state index in [0.29, 0.717) is 30.2 Å². The molecule has 1 rings (SSSR count). The standard InChI is InChI=1S/C12H18FNO3/c1-15-10-6-9(8-14)7-11(16-2)12(10)17-5-3-4-13/h6-7H,3-5,8,14H2,1-2H3. The molecule has 4 nitrogen and oxygen atoms in total. The third-order valence-corrected chi connectivity index (χ3v) is 2.28. The molecule has 5 heteroatoms. The van der Waals surface area contributed by atoms with Crippen LogP contribution in [-0.4, -0.2) is 27.5 Å². The van der Waals surface area contributed by atoms with Crippen molar-refractivity contribution in [2.24, 2.45) is 5.73 Å². The van der Waals surface area contributed by atoms with Crippen LogP contribution >= 0.6 is 0 Å². The highest BCUT2D eigenvalue weighted by Gasteiger charge is 2.13. The molecule has 0 unspecified atom stereocenters. The number of rotatable bonds is 7. The molecule has 0 radical (unpaired) electrons. The van der Waals surface area contributed by atoms with E-state index in [0.717, 1.165) is 5.56 Å². The van der Waals surface area contributed by atoms with Crippen molar-refractivity contribution in [1.82, 2.24) is 0 Å². The number of methoxy groups -OCH3 is 2. The van der Waals surface area contributed by atoms with Crippen molar-refractivity contribution in [3.8, 4) is 17.2 Å². The predicted molar refractivity (Wildman–Crippen MR) is 63.5 cm³/mol. The van der Waals surface area contributed by atoms with Crippen molar-refractivity contribution in [2.45, 2.75) is 13.0 Å². The fourth-order valence-electron chi connectivity index (χ4n) is 1.42. The maximum absolute atomic E-state index is 12.0. The van der Waals surface area contributed by atoms with Gasteiger partial charge < -0.3 is 19.9 Å². The normalized spacial score (nSPS) is 10.1. The van der Waals surface area contributed by atoms with Gasteiger partial charge in [-0.2, -0.15) is 0 Å². The second kappa shape index (κ2) is 6.96. The largest absolute Gasteiger partial charge is 0.493 e. The maximum atomic E-state index is 12.0. The highest BCUT2D eigenvalue weighted by Crippen LogP contribution is 2.38. The summed E-state index contributed by atoms with van der Waals surface area (Å²) in [7, 11) is 3.08. The van der Waals surface area contributed by atoms with Crippen LogP contribution in [0.3, 0.4) is 0 Å². The zero-order valence-electron chi connectivity index (χ0n) is 10.2. The fourth-order valence-corrected chi connectivity index (χ4v) is 1.42. The van der Waals surface area contributed by atoms with Crippen LogP contribution < -0.4 is 19.9 Å². The highest BCUT2D eigenvalue weighted by atomic mass is 19.1. The zero-order chi connectivity index (χ0) is 12.7. The van der Waals surface area contributed by atoms with Crippen molar-refractivity contribution in [1.29, 1.82) is 0 Å². The average Bonchev–Trinajstić information content (AvgIpc) is 2.38. The lowest BCUT2D eigenvalue weighted by atomic mass is 10.2. The number of hydrogen-bond acceptors (Lipinski definition) is 4. The summed E-state index contributed by atoms with van der Waals surface area (Å²) in [5.74, 6) is 1.58. The molecule has 0 aliphatic heterocycles. The third-order valence-electron chi connectivity index (χ3n) is 2.28. The number of ether oxygens (including phenoxy) is 3. The van der Waals surface area contributed by atoms with Gasteiger partial charge in [-0.3, -0.25) is 4.39 Å². The first-order valence-corrected chi connectivity index (χ1v) is 5.40. The smallest absolute Gasteiger partial charge is 0.203 e. The van der Waals surface area contributed by atoms with Crippen molar-refractivity contribution >= 4 is 0 Å². The molecule has 0 aliphatic carbocycles. The second-order valence-corrected chi connectivity index (χ2v) is 3.42. The highest BCUT2D eigenvalue weighted by molar-refractivity contribution is 5.53. The number of hydrogen-bond donors (Lipinski definition) is 1. The van der Waals surface area contributed by atoms with Crippen molar-refractivity contribution in [2.75, 3.05) is 27.5 Å². The van der Waals surface area contributed by atoms with Gasteiger partial charge in [0.2, 0.25) is 5.75 Å². The SMILES string of the molecule is COc1cc(CN)cc(OC)c1OCCCF. The van der Waals surface area contributed by atoms with Gasteiger partial charge >= 0.3 is 0 Å². The third kappa shape index (κ3) is 3.49. The Hall–Kier alpha value is -1.49. The summed E-state index contributed by atoms with van der Waals surface area (Å²) in [6, 6.07) is 3.57. The summed E-state index contributed by atoms with van der Waals surface area (Å²) in [5, 5.41) is 0. The minimum atomic E-state index is -0.411. The fraction of sp³-hybridized carbons (Fsp3) is 0.500. The molecule has 0 atom stereocenters. The zero-order valence-corrected chi connectivity index (χ0v) is 10.2. The molecule has 96 valence electrons. The summed E-state index contributed by atoms with van der Waals surface area (Å²) in [6.07, 6.45) is 0.338. The van der Waals surface area contributed by atoms with E-state index in [1.165, 1.54) is 14.2 Å². The Kier molecular flexibility index (Phi) is 5.56. The molecule has 0 aromatic heterocycles. The van der Waals surface area contributed by atoms with E-state index >= 15 is 0 Å². The summed E-state index contributed by atoms with van der Waals surface area (Å²) < 4.78 is 27.9. The first kappa shape index (κ1) is 13.6. The van der Waals surface area contributed by atoms with E-state index in [9.17, 15) is 4.39 Å². The van der Waals surface area contributed by atoms with Gasteiger partial charge in [0, 0.05) is 13.0 Å². The molecule has 0 bridgehead atoms. The van der Waals surface area contributed by atoms with Gasteiger partial charge in [0.15, 0.2) is 11.5 Å². The monoisotopic (exact) mass is 243 g/mol. The Morgan fingerprint density at radius 3 is 2.18 bits per heavy atom. The lowest BCUT2D eigenvalue weighted by Gasteiger charge is -2.15. The molecule has 0 saturated heterocycles. The van der Waals surface area contributed by atoms with Crippen LogP contribution in [0.2, 0.25) is 0 Å². The molecule has 0 aliphatic rings. The van der Waals surface area contributed by atoms with Crippen LogP contribution in [0, 0.1) is 0 Å². The van der Waals surface area contributed by atoms with Gasteiger partial charge in [-0.05, 0) is 17.7 Å². The second-order valence-electron chi connectivity index (χ2n) is 3.42. The van der Waals surface area contributed by atoms with Gasteiger partial charge in [0.1, 0.15) is 0 Å². The number of alkyl halides is 1. The van der Waals surface area contributed by atoms with E-state index in [-0.39, 0.29) is 6.61 Å². The van der Waals surface area contributed by atoms with Crippen LogP contribution in [0.5, 0.6) is 17.2 Å². The van der Waals surface area contributed by atoms with E-state index in [1.54, 1.807) is 12.1 Å². The van der Waals surface area contributed by atoms with Crippen molar-refractivity contribution < 1.29 is 18.6 Å².